The lowest BCUT2D eigenvalue weighted by Crippen LogP contribution is -1.99. The van der Waals surface area contributed by atoms with E-state index in [-0.39, 0.29) is 12.4 Å². The number of hydrogen-bond donors (Lipinski definition) is 1. The first-order valence-corrected chi connectivity index (χ1v) is 5.35. The molecule has 0 aliphatic rings. The van der Waals surface area contributed by atoms with Gasteiger partial charge in [-0.05, 0) is 22.4 Å². The second-order valence-electron chi connectivity index (χ2n) is 2.38. The van der Waals surface area contributed by atoms with E-state index >= 15 is 0 Å². The van der Waals surface area contributed by atoms with E-state index in [9.17, 15) is 4.79 Å². The van der Waals surface area contributed by atoms with Gasteiger partial charge in [0.25, 0.3) is 0 Å². The van der Waals surface area contributed by atoms with Crippen molar-refractivity contribution >= 4 is 33.0 Å². The molecule has 12 heavy (non-hydrogen) atoms. The zero-order valence-corrected chi connectivity index (χ0v) is 8.82. The molecule has 0 unspecified atom stereocenters. The first kappa shape index (κ1) is 9.89. The van der Waals surface area contributed by atoms with Crippen molar-refractivity contribution in [1.29, 1.82) is 0 Å². The molecule has 0 aliphatic carbocycles. The summed E-state index contributed by atoms with van der Waals surface area (Å²) in [5.74, 6) is 0.0946. The first-order chi connectivity index (χ1) is 5.75. The van der Waals surface area contributed by atoms with Gasteiger partial charge in [0, 0.05) is 33.8 Å². The third kappa shape index (κ3) is 2.40. The molecule has 0 fully saturated rings. The van der Waals surface area contributed by atoms with Crippen molar-refractivity contribution in [1.82, 2.24) is 0 Å². The van der Waals surface area contributed by atoms with E-state index in [2.05, 4.69) is 15.9 Å². The molecule has 0 amide bonds. The smallest absolute Gasteiger partial charge is 0.164 e. The highest BCUT2D eigenvalue weighted by Gasteiger charge is 2.09. The van der Waals surface area contributed by atoms with Crippen molar-refractivity contribution < 1.29 is 9.90 Å². The van der Waals surface area contributed by atoms with Gasteiger partial charge in [0.2, 0.25) is 0 Å². The predicted octanol–water partition coefficient (Wildman–Crippen LogP) is 2.47. The number of thiophene rings is 1. The number of ketones is 1. The fraction of sp³-hybridized carbons (Fsp3) is 0.375. The fourth-order valence-electron chi connectivity index (χ4n) is 0.855. The Bertz CT molecular complexity index is 270. The molecule has 0 aromatic carbocycles. The molecular formula is C8H9BrO2S. The van der Waals surface area contributed by atoms with Gasteiger partial charge in [0.1, 0.15) is 0 Å². The molecule has 0 atom stereocenters. The minimum Gasteiger partial charge on any atom is -0.396 e. The highest BCUT2D eigenvalue weighted by Crippen LogP contribution is 2.22. The standard InChI is InChI=1S/C8H9BrO2S/c9-7-5-12-4-6(7)8(11)2-1-3-10/h4-5,10H,1-3H2. The Morgan fingerprint density at radius 3 is 2.83 bits per heavy atom. The van der Waals surface area contributed by atoms with Crippen LogP contribution in [0.2, 0.25) is 0 Å². The normalized spacial score (nSPS) is 10.2. The van der Waals surface area contributed by atoms with Crippen LogP contribution in [-0.2, 0) is 0 Å². The summed E-state index contributed by atoms with van der Waals surface area (Å²) < 4.78 is 0.857. The number of aliphatic hydroxyl groups excluding tert-OH is 1. The number of carbonyl (C=O) groups is 1. The monoisotopic (exact) mass is 248 g/mol. The molecule has 2 nitrogen and oxygen atoms in total. The third-order valence-electron chi connectivity index (χ3n) is 1.48. The van der Waals surface area contributed by atoms with Gasteiger partial charge in [-0.25, -0.2) is 0 Å². The summed E-state index contributed by atoms with van der Waals surface area (Å²) in [6.07, 6.45) is 0.965. The van der Waals surface area contributed by atoms with Crippen LogP contribution in [0.25, 0.3) is 0 Å². The lowest BCUT2D eigenvalue weighted by molar-refractivity contribution is 0.0971. The number of Topliss-reactive ketones (excluding diaryl/α,β-unsaturated/α-hetero) is 1. The van der Waals surface area contributed by atoms with E-state index in [0.29, 0.717) is 12.8 Å². The molecule has 0 radical (unpaired) electrons. The van der Waals surface area contributed by atoms with Crippen LogP contribution in [0.1, 0.15) is 23.2 Å². The van der Waals surface area contributed by atoms with Gasteiger partial charge in [-0.15, -0.1) is 0 Å². The predicted molar refractivity (Wildman–Crippen MR) is 52.7 cm³/mol. The minimum absolute atomic E-state index is 0.0769. The van der Waals surface area contributed by atoms with Crippen molar-refractivity contribution in [2.75, 3.05) is 6.61 Å². The Morgan fingerprint density at radius 2 is 2.33 bits per heavy atom. The van der Waals surface area contributed by atoms with Crippen molar-refractivity contribution in [2.24, 2.45) is 0 Å². The van der Waals surface area contributed by atoms with E-state index in [1.807, 2.05) is 10.8 Å². The Labute approximate surface area is 83.4 Å². The minimum atomic E-state index is 0.0769. The number of carbonyl (C=O) groups excluding carboxylic acids is 1. The van der Waals surface area contributed by atoms with E-state index < -0.39 is 0 Å². The summed E-state index contributed by atoms with van der Waals surface area (Å²) >= 11 is 4.78. The van der Waals surface area contributed by atoms with Crippen molar-refractivity contribution in [2.45, 2.75) is 12.8 Å². The fourth-order valence-corrected chi connectivity index (χ4v) is 2.37. The molecule has 0 saturated heterocycles. The van der Waals surface area contributed by atoms with Crippen molar-refractivity contribution in [3.63, 3.8) is 0 Å². The average Bonchev–Trinajstić information content (AvgIpc) is 2.47. The zero-order chi connectivity index (χ0) is 8.97. The molecular weight excluding hydrogens is 240 g/mol. The van der Waals surface area contributed by atoms with Crippen LogP contribution >= 0.6 is 27.3 Å². The molecule has 1 heterocycles. The largest absolute Gasteiger partial charge is 0.396 e. The van der Waals surface area contributed by atoms with E-state index in [4.69, 9.17) is 5.11 Å². The molecule has 1 N–H and O–H groups in total. The van der Waals surface area contributed by atoms with Gasteiger partial charge in [-0.3, -0.25) is 4.79 Å². The van der Waals surface area contributed by atoms with Gasteiger partial charge in [-0.2, -0.15) is 11.3 Å². The topological polar surface area (TPSA) is 37.3 Å². The average molecular weight is 249 g/mol. The first-order valence-electron chi connectivity index (χ1n) is 3.61. The van der Waals surface area contributed by atoms with Gasteiger partial charge >= 0.3 is 0 Å². The van der Waals surface area contributed by atoms with Crippen molar-refractivity contribution in [3.8, 4) is 0 Å². The SMILES string of the molecule is O=C(CCCO)c1cscc1Br. The summed E-state index contributed by atoms with van der Waals surface area (Å²) in [7, 11) is 0. The number of rotatable bonds is 4. The second kappa shape index (κ2) is 4.74. The van der Waals surface area contributed by atoms with Crippen LogP contribution < -0.4 is 0 Å². The second-order valence-corrected chi connectivity index (χ2v) is 3.98. The summed E-state index contributed by atoms with van der Waals surface area (Å²) in [6.45, 7) is 0.0769. The third-order valence-corrected chi connectivity index (χ3v) is 3.18. The van der Waals surface area contributed by atoms with Crippen LogP contribution in [0.4, 0.5) is 0 Å². The van der Waals surface area contributed by atoms with Crippen LogP contribution in [0.3, 0.4) is 0 Å². The van der Waals surface area contributed by atoms with E-state index in [1.54, 1.807) is 0 Å². The molecule has 0 bridgehead atoms. The number of aliphatic hydroxyl groups is 1. The van der Waals surface area contributed by atoms with Gasteiger partial charge in [-0.1, -0.05) is 0 Å². The lowest BCUT2D eigenvalue weighted by Gasteiger charge is -1.96. The van der Waals surface area contributed by atoms with Crippen LogP contribution in [0.15, 0.2) is 15.2 Å². The summed E-state index contributed by atoms with van der Waals surface area (Å²) in [6, 6.07) is 0. The molecule has 0 aliphatic heterocycles. The maximum absolute atomic E-state index is 11.4. The van der Waals surface area contributed by atoms with Crippen LogP contribution in [-0.4, -0.2) is 17.5 Å². The van der Waals surface area contributed by atoms with Gasteiger partial charge < -0.3 is 5.11 Å². The van der Waals surface area contributed by atoms with Gasteiger partial charge in [0.05, 0.1) is 0 Å². The Morgan fingerprint density at radius 1 is 1.58 bits per heavy atom. The summed E-state index contributed by atoms with van der Waals surface area (Å²) in [4.78, 5) is 11.4. The Kier molecular flexibility index (Phi) is 3.91. The van der Waals surface area contributed by atoms with Gasteiger partial charge in [0.15, 0.2) is 5.78 Å². The van der Waals surface area contributed by atoms with E-state index in [0.717, 1.165) is 10.0 Å². The van der Waals surface area contributed by atoms with Crippen LogP contribution in [0.5, 0.6) is 0 Å². The van der Waals surface area contributed by atoms with E-state index in [1.165, 1.54) is 11.3 Å². The number of hydrogen-bond acceptors (Lipinski definition) is 3. The molecule has 66 valence electrons. The summed E-state index contributed by atoms with van der Waals surface area (Å²) in [5.41, 5.74) is 0.730. The Hall–Kier alpha value is -0.190. The zero-order valence-electron chi connectivity index (χ0n) is 6.42. The molecule has 4 heteroatoms. The number of halogens is 1. The molecule has 1 aromatic rings. The molecule has 0 spiro atoms. The molecule has 0 saturated carbocycles. The van der Waals surface area contributed by atoms with Crippen molar-refractivity contribution in [3.05, 3.63) is 20.8 Å². The van der Waals surface area contributed by atoms with Crippen LogP contribution in [0, 0.1) is 0 Å². The highest BCUT2D eigenvalue weighted by atomic mass is 79.9. The maximum atomic E-state index is 11.4. The Balaban J connectivity index is 2.59. The maximum Gasteiger partial charge on any atom is 0.164 e. The summed E-state index contributed by atoms with van der Waals surface area (Å²) in [5, 5.41) is 12.2. The highest BCUT2D eigenvalue weighted by molar-refractivity contribution is 9.10. The quantitative estimate of drug-likeness (QED) is 0.832. The molecule has 1 aromatic heterocycles. The lowest BCUT2D eigenvalue weighted by atomic mass is 10.1. The molecule has 1 rings (SSSR count).